The molecule has 0 saturated heterocycles. The SMILES string of the molecule is C[NH+](C)C[C@H]1CCCC[C@@H]1OC(=O)c1ccccc1Br. The van der Waals surface area contributed by atoms with Crippen LogP contribution in [0.5, 0.6) is 0 Å². The Morgan fingerprint density at radius 1 is 1.30 bits per heavy atom. The molecule has 2 atom stereocenters. The summed E-state index contributed by atoms with van der Waals surface area (Å²) in [6, 6.07) is 7.45. The number of benzene rings is 1. The molecule has 1 aliphatic carbocycles. The predicted molar refractivity (Wildman–Crippen MR) is 83.0 cm³/mol. The minimum absolute atomic E-state index is 0.0678. The summed E-state index contributed by atoms with van der Waals surface area (Å²) in [7, 11) is 4.31. The molecule has 2 rings (SSSR count). The van der Waals surface area contributed by atoms with Crippen molar-refractivity contribution in [3.05, 3.63) is 34.3 Å². The van der Waals surface area contributed by atoms with Gasteiger partial charge in [-0.1, -0.05) is 18.6 Å². The second-order valence-corrected chi connectivity index (χ2v) is 6.73. The van der Waals surface area contributed by atoms with E-state index in [1.54, 1.807) is 6.07 Å². The smallest absolute Gasteiger partial charge is 0.339 e. The molecule has 1 aromatic rings. The van der Waals surface area contributed by atoms with E-state index in [4.69, 9.17) is 4.74 Å². The van der Waals surface area contributed by atoms with Crippen LogP contribution in [-0.4, -0.2) is 32.7 Å². The van der Waals surface area contributed by atoms with Gasteiger partial charge in [-0.15, -0.1) is 0 Å². The molecule has 3 nitrogen and oxygen atoms in total. The third kappa shape index (κ3) is 4.06. The maximum Gasteiger partial charge on any atom is 0.339 e. The average Bonchev–Trinajstić information content (AvgIpc) is 2.41. The van der Waals surface area contributed by atoms with Crippen molar-refractivity contribution in [1.82, 2.24) is 0 Å². The molecule has 0 bridgehead atoms. The van der Waals surface area contributed by atoms with E-state index in [0.29, 0.717) is 11.5 Å². The monoisotopic (exact) mass is 340 g/mol. The first kappa shape index (κ1) is 15.5. The predicted octanol–water partition coefficient (Wildman–Crippen LogP) is 2.31. The van der Waals surface area contributed by atoms with Crippen molar-refractivity contribution in [3.63, 3.8) is 0 Å². The molecular formula is C16H23BrNO2+. The molecular weight excluding hydrogens is 318 g/mol. The summed E-state index contributed by atoms with van der Waals surface area (Å²) in [5.41, 5.74) is 0.619. The highest BCUT2D eigenvalue weighted by Crippen LogP contribution is 2.27. The molecule has 0 unspecified atom stereocenters. The fourth-order valence-corrected chi connectivity index (χ4v) is 3.36. The lowest BCUT2D eigenvalue weighted by Gasteiger charge is -2.31. The molecule has 0 amide bonds. The molecule has 0 spiro atoms. The second-order valence-electron chi connectivity index (χ2n) is 5.88. The Morgan fingerprint density at radius 2 is 2.00 bits per heavy atom. The van der Waals surface area contributed by atoms with E-state index in [-0.39, 0.29) is 12.1 Å². The molecule has 1 fully saturated rings. The number of hydrogen-bond acceptors (Lipinski definition) is 2. The largest absolute Gasteiger partial charge is 0.458 e. The molecule has 0 radical (unpaired) electrons. The van der Waals surface area contributed by atoms with Gasteiger partial charge in [-0.3, -0.25) is 0 Å². The highest BCUT2D eigenvalue weighted by atomic mass is 79.9. The van der Waals surface area contributed by atoms with Crippen LogP contribution in [0.1, 0.15) is 36.0 Å². The van der Waals surface area contributed by atoms with Gasteiger partial charge in [-0.25, -0.2) is 4.79 Å². The summed E-state index contributed by atoms with van der Waals surface area (Å²) in [5, 5.41) is 0. The van der Waals surface area contributed by atoms with Crippen molar-refractivity contribution in [1.29, 1.82) is 0 Å². The van der Waals surface area contributed by atoms with Crippen LogP contribution in [0.25, 0.3) is 0 Å². The van der Waals surface area contributed by atoms with Gasteiger partial charge in [-0.2, -0.15) is 0 Å². The van der Waals surface area contributed by atoms with Crippen LogP contribution in [0.2, 0.25) is 0 Å². The molecule has 1 N–H and O–H groups in total. The summed E-state index contributed by atoms with van der Waals surface area (Å²) in [4.78, 5) is 13.7. The number of ether oxygens (including phenoxy) is 1. The number of carbonyl (C=O) groups is 1. The number of hydrogen-bond donors (Lipinski definition) is 1. The van der Waals surface area contributed by atoms with Crippen molar-refractivity contribution in [3.8, 4) is 0 Å². The zero-order valence-electron chi connectivity index (χ0n) is 12.2. The molecule has 1 aliphatic rings. The maximum atomic E-state index is 12.3. The number of carbonyl (C=O) groups excluding carboxylic acids is 1. The topological polar surface area (TPSA) is 30.7 Å². The molecule has 20 heavy (non-hydrogen) atoms. The molecule has 0 heterocycles. The quantitative estimate of drug-likeness (QED) is 0.852. The molecule has 1 aromatic carbocycles. The summed E-state index contributed by atoms with van der Waals surface area (Å²) < 4.78 is 6.59. The minimum atomic E-state index is -0.205. The first-order chi connectivity index (χ1) is 9.58. The van der Waals surface area contributed by atoms with Crippen molar-refractivity contribution >= 4 is 21.9 Å². The normalized spacial score (nSPS) is 22.8. The third-order valence-corrected chi connectivity index (χ3v) is 4.55. The van der Waals surface area contributed by atoms with E-state index in [2.05, 4.69) is 30.0 Å². The lowest BCUT2D eigenvalue weighted by molar-refractivity contribution is -0.862. The van der Waals surface area contributed by atoms with Gasteiger partial charge in [0.05, 0.1) is 26.2 Å². The van der Waals surface area contributed by atoms with Gasteiger partial charge in [0, 0.05) is 10.4 Å². The van der Waals surface area contributed by atoms with Gasteiger partial charge in [-0.05, 0) is 47.3 Å². The summed E-state index contributed by atoms with van der Waals surface area (Å²) in [6.07, 6.45) is 4.64. The number of esters is 1. The number of halogens is 1. The van der Waals surface area contributed by atoms with Crippen molar-refractivity contribution in [2.24, 2.45) is 5.92 Å². The third-order valence-electron chi connectivity index (χ3n) is 3.86. The van der Waals surface area contributed by atoms with E-state index in [1.165, 1.54) is 17.7 Å². The minimum Gasteiger partial charge on any atom is -0.458 e. The van der Waals surface area contributed by atoms with E-state index >= 15 is 0 Å². The van der Waals surface area contributed by atoms with Crippen molar-refractivity contribution < 1.29 is 14.4 Å². The van der Waals surface area contributed by atoms with Crippen LogP contribution in [0.15, 0.2) is 28.7 Å². The number of quaternary nitrogens is 1. The lowest BCUT2D eigenvalue weighted by atomic mass is 9.86. The highest BCUT2D eigenvalue weighted by molar-refractivity contribution is 9.10. The maximum absolute atomic E-state index is 12.3. The van der Waals surface area contributed by atoms with Crippen molar-refractivity contribution in [2.75, 3.05) is 20.6 Å². The fourth-order valence-electron chi connectivity index (χ4n) is 2.91. The molecule has 0 aromatic heterocycles. The second kappa shape index (κ2) is 7.23. The van der Waals surface area contributed by atoms with Crippen molar-refractivity contribution in [2.45, 2.75) is 31.8 Å². The highest BCUT2D eigenvalue weighted by Gasteiger charge is 2.30. The Kier molecular flexibility index (Phi) is 5.61. The van der Waals surface area contributed by atoms with Gasteiger partial charge in [0.2, 0.25) is 0 Å². The first-order valence-electron chi connectivity index (χ1n) is 7.32. The summed E-state index contributed by atoms with van der Waals surface area (Å²) in [6.45, 7) is 1.06. The van der Waals surface area contributed by atoms with Crippen LogP contribution in [-0.2, 0) is 4.74 Å². The molecule has 1 saturated carbocycles. The first-order valence-corrected chi connectivity index (χ1v) is 8.11. The Bertz CT molecular complexity index is 462. The standard InChI is InChI=1S/C16H22BrNO2/c1-18(2)11-12-7-3-6-10-15(12)20-16(19)13-8-4-5-9-14(13)17/h4-5,8-9,12,15H,3,6-7,10-11H2,1-2H3/p+1/t12-,15+/m1/s1. The Hall–Kier alpha value is -0.870. The van der Waals surface area contributed by atoms with Gasteiger partial charge in [0.25, 0.3) is 0 Å². The van der Waals surface area contributed by atoms with Crippen LogP contribution in [0, 0.1) is 5.92 Å². The summed E-state index contributed by atoms with van der Waals surface area (Å²) >= 11 is 3.41. The van der Waals surface area contributed by atoms with Crippen LogP contribution < -0.4 is 4.90 Å². The van der Waals surface area contributed by atoms with E-state index in [9.17, 15) is 4.79 Å². The fraction of sp³-hybridized carbons (Fsp3) is 0.562. The van der Waals surface area contributed by atoms with Crippen LogP contribution >= 0.6 is 15.9 Å². The van der Waals surface area contributed by atoms with Gasteiger partial charge < -0.3 is 9.64 Å². The van der Waals surface area contributed by atoms with Gasteiger partial charge in [0.15, 0.2) is 0 Å². The lowest BCUT2D eigenvalue weighted by Crippen LogP contribution is -3.06. The van der Waals surface area contributed by atoms with Crippen LogP contribution in [0.4, 0.5) is 0 Å². The summed E-state index contributed by atoms with van der Waals surface area (Å²) in [5.74, 6) is 0.281. The molecule has 110 valence electrons. The van der Waals surface area contributed by atoms with Gasteiger partial charge in [0.1, 0.15) is 6.10 Å². The zero-order valence-corrected chi connectivity index (χ0v) is 13.8. The van der Waals surface area contributed by atoms with E-state index in [0.717, 1.165) is 23.9 Å². The zero-order chi connectivity index (χ0) is 14.5. The van der Waals surface area contributed by atoms with Gasteiger partial charge >= 0.3 is 5.97 Å². The average molecular weight is 341 g/mol. The Balaban J connectivity index is 2.03. The molecule has 0 aliphatic heterocycles. The number of nitrogens with one attached hydrogen (secondary N) is 1. The number of rotatable bonds is 4. The Labute approximate surface area is 129 Å². The van der Waals surface area contributed by atoms with E-state index < -0.39 is 0 Å². The Morgan fingerprint density at radius 3 is 2.70 bits per heavy atom. The van der Waals surface area contributed by atoms with Crippen LogP contribution in [0.3, 0.4) is 0 Å². The molecule has 4 heteroatoms. The van der Waals surface area contributed by atoms with E-state index in [1.807, 2.05) is 18.2 Å².